The van der Waals surface area contributed by atoms with Gasteiger partial charge in [0, 0.05) is 19.3 Å². The molecule has 1 aliphatic rings. The monoisotopic (exact) mass is 426 g/mol. The number of ketones is 1. The third-order valence-electron chi connectivity index (χ3n) is 6.09. The highest BCUT2D eigenvalue weighted by Gasteiger charge is 2.39. The molecule has 2 unspecified atom stereocenters. The molecule has 0 aromatic heterocycles. The van der Waals surface area contributed by atoms with Crippen LogP contribution in [0.3, 0.4) is 0 Å². The maximum Gasteiger partial charge on any atom is 0.416 e. The topological polar surface area (TPSA) is 26.3 Å². The quantitative estimate of drug-likeness (QED) is 0.363. The first-order valence-electron chi connectivity index (χ1n) is 10.3. The van der Waals surface area contributed by atoms with Gasteiger partial charge in [0.25, 0.3) is 0 Å². The Morgan fingerprint density at radius 3 is 2.31 bits per heavy atom. The van der Waals surface area contributed by atoms with Crippen molar-refractivity contribution in [3.63, 3.8) is 0 Å². The van der Waals surface area contributed by atoms with Crippen LogP contribution in [-0.2, 0) is 21.8 Å². The number of hydrogen-bond donors (Lipinski definition) is 0. The van der Waals surface area contributed by atoms with E-state index in [1.165, 1.54) is 12.1 Å². The summed E-state index contributed by atoms with van der Waals surface area (Å²) in [5, 5.41) is 0.0278. The van der Waals surface area contributed by atoms with Crippen molar-refractivity contribution in [2.24, 2.45) is 5.92 Å². The van der Waals surface area contributed by atoms with Crippen molar-refractivity contribution in [2.75, 3.05) is 0 Å². The smallest absolute Gasteiger partial charge is 0.410 e. The molecule has 0 amide bonds. The fourth-order valence-corrected chi connectivity index (χ4v) is 4.54. The minimum Gasteiger partial charge on any atom is -0.410 e. The molecule has 2 rings (SSSR count). The summed E-state index contributed by atoms with van der Waals surface area (Å²) < 4.78 is 45.1. The fourth-order valence-electron chi connectivity index (χ4n) is 3.27. The predicted octanol–water partition coefficient (Wildman–Crippen LogP) is 6.95. The van der Waals surface area contributed by atoms with Crippen LogP contribution in [0.1, 0.15) is 57.6 Å². The number of carbonyl (C=O) groups excluding carboxylic acids is 1. The maximum absolute atomic E-state index is 12.8. The molecule has 6 heteroatoms. The number of carbonyl (C=O) groups is 1. The number of hydrogen-bond acceptors (Lipinski definition) is 2. The van der Waals surface area contributed by atoms with Crippen molar-refractivity contribution in [2.45, 2.75) is 83.3 Å². The van der Waals surface area contributed by atoms with Crippen LogP contribution >= 0.6 is 0 Å². The molecule has 2 nitrogen and oxygen atoms in total. The Labute approximate surface area is 173 Å². The van der Waals surface area contributed by atoms with E-state index in [-0.39, 0.29) is 17.1 Å². The van der Waals surface area contributed by atoms with Gasteiger partial charge in [-0.2, -0.15) is 13.2 Å². The summed E-state index contributed by atoms with van der Waals surface area (Å²) in [6.45, 7) is 10.8. The summed E-state index contributed by atoms with van der Waals surface area (Å²) in [5.74, 6) is 0.532. The van der Waals surface area contributed by atoms with Crippen LogP contribution in [0.5, 0.6) is 0 Å². The van der Waals surface area contributed by atoms with E-state index in [0.717, 1.165) is 30.5 Å². The third kappa shape index (κ3) is 7.10. The number of alkyl halides is 3. The van der Waals surface area contributed by atoms with Gasteiger partial charge in [0.05, 0.1) is 11.7 Å². The second kappa shape index (κ2) is 9.17. The molecule has 0 N–H and O–H groups in total. The largest absolute Gasteiger partial charge is 0.416 e. The second-order valence-corrected chi connectivity index (χ2v) is 14.4. The van der Waals surface area contributed by atoms with Crippen LogP contribution in [0.2, 0.25) is 18.1 Å². The number of allylic oxidation sites excluding steroid dienone is 1. The zero-order valence-corrected chi connectivity index (χ0v) is 19.1. The molecule has 2 atom stereocenters. The number of rotatable bonds is 6. The Hall–Kier alpha value is -1.40. The highest BCUT2D eigenvalue weighted by molar-refractivity contribution is 6.74. The minimum absolute atomic E-state index is 0.0278. The SMILES string of the molecule is CC(C)(C)[Si](C)(C)OC(C=CC1CCCC(=O)C1)Cc1ccc(C(F)(F)F)cc1. The van der Waals surface area contributed by atoms with E-state index in [2.05, 4.69) is 39.9 Å². The maximum atomic E-state index is 12.8. The standard InChI is InChI=1S/C23H33F3O2Si/c1-22(2,3)29(4,5)28-21(14-11-17-7-6-8-20(27)15-17)16-18-9-12-19(13-10-18)23(24,25)26/h9-14,17,21H,6-8,15-16H2,1-5H3. The first-order valence-corrected chi connectivity index (χ1v) is 13.2. The van der Waals surface area contributed by atoms with Gasteiger partial charge in [-0.05, 0) is 54.6 Å². The molecule has 0 saturated heterocycles. The van der Waals surface area contributed by atoms with Crippen molar-refractivity contribution >= 4 is 14.1 Å². The molecule has 1 saturated carbocycles. The molecule has 1 fully saturated rings. The lowest BCUT2D eigenvalue weighted by Crippen LogP contribution is -2.44. The van der Waals surface area contributed by atoms with Crippen LogP contribution in [-0.4, -0.2) is 20.2 Å². The van der Waals surface area contributed by atoms with E-state index in [9.17, 15) is 18.0 Å². The fraction of sp³-hybridized carbons (Fsp3) is 0.609. The Balaban J connectivity index is 2.18. The summed E-state index contributed by atoms with van der Waals surface area (Å²) in [4.78, 5) is 11.7. The van der Waals surface area contributed by atoms with Crippen LogP contribution < -0.4 is 0 Å². The lowest BCUT2D eigenvalue weighted by molar-refractivity contribution is -0.137. The van der Waals surface area contributed by atoms with E-state index >= 15 is 0 Å². The molecule has 1 aromatic carbocycles. The number of benzene rings is 1. The Kier molecular flexibility index (Phi) is 7.55. The molecule has 0 aliphatic heterocycles. The molecule has 0 spiro atoms. The van der Waals surface area contributed by atoms with Gasteiger partial charge >= 0.3 is 6.18 Å². The van der Waals surface area contributed by atoms with Crippen molar-refractivity contribution in [1.82, 2.24) is 0 Å². The number of halogens is 3. The minimum atomic E-state index is -4.33. The first kappa shape index (κ1) is 23.9. The molecular formula is C23H33F3O2Si. The highest BCUT2D eigenvalue weighted by atomic mass is 28.4. The molecule has 0 bridgehead atoms. The Morgan fingerprint density at radius 2 is 1.79 bits per heavy atom. The van der Waals surface area contributed by atoms with Gasteiger partial charge in [-0.1, -0.05) is 45.1 Å². The van der Waals surface area contributed by atoms with Crippen molar-refractivity contribution in [3.05, 3.63) is 47.5 Å². The molecule has 1 aromatic rings. The molecule has 0 radical (unpaired) electrons. The summed E-state index contributed by atoms with van der Waals surface area (Å²) in [6.07, 6.45) is 3.23. The van der Waals surface area contributed by atoms with Gasteiger partial charge in [0.15, 0.2) is 8.32 Å². The van der Waals surface area contributed by atoms with Crippen molar-refractivity contribution in [3.8, 4) is 0 Å². The van der Waals surface area contributed by atoms with Crippen LogP contribution in [0.25, 0.3) is 0 Å². The zero-order valence-electron chi connectivity index (χ0n) is 18.1. The second-order valence-electron chi connectivity index (χ2n) is 9.60. The highest BCUT2D eigenvalue weighted by Crippen LogP contribution is 2.38. The molecule has 29 heavy (non-hydrogen) atoms. The summed E-state index contributed by atoms with van der Waals surface area (Å²) in [7, 11) is -2.06. The Morgan fingerprint density at radius 1 is 1.17 bits per heavy atom. The van der Waals surface area contributed by atoms with E-state index in [1.807, 2.05) is 6.08 Å². The van der Waals surface area contributed by atoms with Gasteiger partial charge in [-0.3, -0.25) is 4.79 Å². The molecular weight excluding hydrogens is 393 g/mol. The molecule has 0 heterocycles. The normalized spacial score (nSPS) is 20.3. The zero-order chi connectivity index (χ0) is 21.9. The average Bonchev–Trinajstić information content (AvgIpc) is 2.58. The lowest BCUT2D eigenvalue weighted by atomic mass is 9.88. The van der Waals surface area contributed by atoms with Gasteiger partial charge in [0.1, 0.15) is 5.78 Å². The van der Waals surface area contributed by atoms with Crippen molar-refractivity contribution < 1.29 is 22.4 Å². The number of Topliss-reactive ketones (excluding diaryl/α,β-unsaturated/α-hetero) is 1. The molecule has 1 aliphatic carbocycles. The summed E-state index contributed by atoms with van der Waals surface area (Å²) in [5.41, 5.74) is 0.172. The van der Waals surface area contributed by atoms with E-state index < -0.39 is 20.1 Å². The van der Waals surface area contributed by atoms with Gasteiger partial charge in [0.2, 0.25) is 0 Å². The third-order valence-corrected chi connectivity index (χ3v) is 10.6. The van der Waals surface area contributed by atoms with Crippen LogP contribution in [0, 0.1) is 5.92 Å². The van der Waals surface area contributed by atoms with Crippen LogP contribution in [0.4, 0.5) is 13.2 Å². The summed E-state index contributed by atoms with van der Waals surface area (Å²) in [6, 6.07) is 5.32. The predicted molar refractivity (Wildman–Crippen MR) is 113 cm³/mol. The van der Waals surface area contributed by atoms with Gasteiger partial charge < -0.3 is 4.43 Å². The van der Waals surface area contributed by atoms with Gasteiger partial charge in [-0.15, -0.1) is 0 Å². The van der Waals surface area contributed by atoms with Crippen LogP contribution in [0.15, 0.2) is 36.4 Å². The first-order chi connectivity index (χ1) is 13.3. The van der Waals surface area contributed by atoms with Crippen molar-refractivity contribution in [1.29, 1.82) is 0 Å². The molecule has 162 valence electrons. The Bertz CT molecular complexity index is 715. The van der Waals surface area contributed by atoms with E-state index in [4.69, 9.17) is 4.43 Å². The van der Waals surface area contributed by atoms with E-state index in [1.54, 1.807) is 0 Å². The average molecular weight is 427 g/mol. The summed E-state index contributed by atoms with van der Waals surface area (Å²) >= 11 is 0. The van der Waals surface area contributed by atoms with Gasteiger partial charge in [-0.25, -0.2) is 0 Å². The lowest BCUT2D eigenvalue weighted by Gasteiger charge is -2.39. The van der Waals surface area contributed by atoms with E-state index in [0.29, 0.717) is 25.0 Å².